The zero-order valence-corrected chi connectivity index (χ0v) is 27.0. The number of carbonyl (C=O) groups is 2. The van der Waals surface area contributed by atoms with Crippen molar-refractivity contribution >= 4 is 58.0 Å². The Kier molecular flexibility index (Phi) is 11.3. The van der Waals surface area contributed by atoms with Crippen LogP contribution >= 0.6 is 23.2 Å². The monoisotopic (exact) mass is 713 g/mol. The minimum atomic E-state index is -4.41. The summed E-state index contributed by atoms with van der Waals surface area (Å²) in [4.78, 5) is 35.8. The van der Waals surface area contributed by atoms with E-state index >= 15 is 0 Å². The van der Waals surface area contributed by atoms with Crippen LogP contribution in [0.25, 0.3) is 0 Å². The Morgan fingerprint density at radius 3 is 1.72 bits per heavy atom. The molecule has 6 heterocycles. The molecule has 2 saturated heterocycles. The number of nitrogens with two attached hydrogens (primary N) is 1. The Bertz CT molecular complexity index is 1480. The fourth-order valence-corrected chi connectivity index (χ4v) is 5.98. The van der Waals surface area contributed by atoms with Gasteiger partial charge in [-0.3, -0.25) is 4.79 Å². The number of ketones is 1. The van der Waals surface area contributed by atoms with Crippen molar-refractivity contribution < 1.29 is 41.0 Å². The van der Waals surface area contributed by atoms with Gasteiger partial charge in [0.25, 0.3) is 0 Å². The molecule has 47 heavy (non-hydrogen) atoms. The first kappa shape index (κ1) is 36.6. The van der Waals surface area contributed by atoms with Gasteiger partial charge in [0.1, 0.15) is 5.69 Å². The molecular formula is C29H35Cl2F6N7O3. The molecule has 4 atom stereocenters. The maximum atomic E-state index is 12.6. The van der Waals surface area contributed by atoms with E-state index in [1.807, 2.05) is 0 Å². The molecule has 18 heteroatoms. The van der Waals surface area contributed by atoms with Crippen molar-refractivity contribution in [2.24, 2.45) is 11.7 Å². The third kappa shape index (κ3) is 9.02. The van der Waals surface area contributed by atoms with E-state index in [4.69, 9.17) is 28.3 Å². The van der Waals surface area contributed by atoms with Crippen molar-refractivity contribution in [2.75, 3.05) is 46.6 Å². The van der Waals surface area contributed by atoms with E-state index in [-0.39, 0.29) is 27.5 Å². The van der Waals surface area contributed by atoms with Crippen molar-refractivity contribution in [2.45, 2.75) is 76.4 Å². The summed E-state index contributed by atoms with van der Waals surface area (Å²) in [7, 11) is 0. The molecule has 4 aliphatic heterocycles. The Labute approximate surface area is 277 Å². The van der Waals surface area contributed by atoms with Crippen LogP contribution in [0.3, 0.4) is 0 Å². The summed E-state index contributed by atoms with van der Waals surface area (Å²) in [5.41, 5.74) is 6.00. The lowest BCUT2D eigenvalue weighted by Gasteiger charge is -2.40. The molecule has 0 aromatic carbocycles. The normalized spacial score (nSPS) is 20.8. The molecule has 6 rings (SSSR count). The predicted octanol–water partition coefficient (Wildman–Crippen LogP) is 6.62. The van der Waals surface area contributed by atoms with Crippen LogP contribution in [-0.2, 0) is 0 Å². The molecule has 0 radical (unpaired) electrons. The third-order valence-corrected chi connectivity index (χ3v) is 8.73. The molecule has 0 spiro atoms. The van der Waals surface area contributed by atoms with E-state index in [0.29, 0.717) is 17.7 Å². The van der Waals surface area contributed by atoms with Crippen molar-refractivity contribution in [1.29, 1.82) is 0 Å². The second-order valence-electron chi connectivity index (χ2n) is 11.9. The number of hydrogen-bond acceptors (Lipinski definition) is 9. The van der Waals surface area contributed by atoms with Gasteiger partial charge in [0.2, 0.25) is 0 Å². The summed E-state index contributed by atoms with van der Waals surface area (Å²) in [5, 5.41) is 15.8. The first-order valence-corrected chi connectivity index (χ1v) is 15.7. The standard InChI is InChI=1S/C15H17ClF3N3O.C11H12ClN3O2.C3H6F3N/c1-8(15(17,18)19)5-12(23)13-10(16)6-11-14(21-13)20-9-3-2-4-22(11)7-9;12-7-4-8-10(14-9(7)11(16)17)13-6-2-1-3-15(8)5-6;1-2(7)3(4,5)6/h6,8-9H,2-5,7H2,1H3,(H,20,21);4,6H,1-3,5H2,(H,13,14)(H,16,17);2H,7H2,1H3/t8-,9-;6-;/m00./s1. The lowest BCUT2D eigenvalue weighted by Crippen LogP contribution is -2.46. The van der Waals surface area contributed by atoms with Crippen molar-refractivity contribution in [3.8, 4) is 0 Å². The largest absolute Gasteiger partial charge is 0.476 e. The number of Topliss-reactive ketones (excluding diaryl/α,β-unsaturated/α-hetero) is 1. The number of anilines is 4. The van der Waals surface area contributed by atoms with Gasteiger partial charge in [-0.25, -0.2) is 14.8 Å². The average Bonchev–Trinajstić information content (AvgIpc) is 2.97. The maximum Gasteiger partial charge on any atom is 0.403 e. The number of rotatable bonds is 4. The quantitative estimate of drug-likeness (QED) is 0.202. The van der Waals surface area contributed by atoms with Crippen LogP contribution in [0, 0.1) is 5.92 Å². The molecule has 5 N–H and O–H groups in total. The van der Waals surface area contributed by atoms with Gasteiger partial charge in [0.15, 0.2) is 23.1 Å². The first-order chi connectivity index (χ1) is 21.8. The molecular weight excluding hydrogens is 679 g/mol. The lowest BCUT2D eigenvalue weighted by atomic mass is 10.00. The number of carboxylic acids is 1. The lowest BCUT2D eigenvalue weighted by molar-refractivity contribution is -0.168. The molecule has 2 aromatic heterocycles. The summed E-state index contributed by atoms with van der Waals surface area (Å²) < 4.78 is 71.1. The van der Waals surface area contributed by atoms with Crippen LogP contribution in [-0.4, -0.2) is 83.5 Å². The molecule has 4 aliphatic rings. The van der Waals surface area contributed by atoms with Gasteiger partial charge in [0.05, 0.1) is 33.4 Å². The Hall–Kier alpha value is -3.24. The molecule has 0 saturated carbocycles. The second kappa shape index (κ2) is 14.5. The number of piperidine rings is 2. The molecule has 0 amide bonds. The summed E-state index contributed by atoms with van der Waals surface area (Å²) >= 11 is 12.0. The van der Waals surface area contributed by atoms with Crippen LogP contribution in [0.2, 0.25) is 10.0 Å². The predicted molar refractivity (Wildman–Crippen MR) is 167 cm³/mol. The van der Waals surface area contributed by atoms with Crippen LogP contribution < -0.4 is 26.2 Å². The van der Waals surface area contributed by atoms with Gasteiger partial charge in [-0.2, -0.15) is 26.3 Å². The van der Waals surface area contributed by atoms with Gasteiger partial charge in [-0.1, -0.05) is 30.1 Å². The van der Waals surface area contributed by atoms with Crippen LogP contribution in [0.5, 0.6) is 0 Å². The highest BCUT2D eigenvalue weighted by atomic mass is 35.5. The number of carbonyl (C=O) groups excluding carboxylic acids is 1. The summed E-state index contributed by atoms with van der Waals surface area (Å²) in [5.74, 6) is -2.32. The Morgan fingerprint density at radius 1 is 0.894 bits per heavy atom. The van der Waals surface area contributed by atoms with E-state index < -0.39 is 42.5 Å². The van der Waals surface area contributed by atoms with Gasteiger partial charge in [-0.05, 0) is 44.7 Å². The molecule has 2 fully saturated rings. The zero-order chi connectivity index (χ0) is 34.8. The first-order valence-electron chi connectivity index (χ1n) is 14.9. The van der Waals surface area contributed by atoms with Gasteiger partial charge >= 0.3 is 18.3 Å². The topological polar surface area (TPSA) is 137 Å². The van der Waals surface area contributed by atoms with E-state index in [1.54, 1.807) is 12.1 Å². The minimum Gasteiger partial charge on any atom is -0.476 e. The Balaban J connectivity index is 0.000000182. The Morgan fingerprint density at radius 2 is 1.32 bits per heavy atom. The maximum absolute atomic E-state index is 12.6. The molecule has 260 valence electrons. The number of alkyl halides is 6. The van der Waals surface area contributed by atoms with Gasteiger partial charge in [-0.15, -0.1) is 0 Å². The van der Waals surface area contributed by atoms with Crippen LogP contribution in [0.1, 0.15) is 66.9 Å². The number of aromatic nitrogens is 2. The zero-order valence-electron chi connectivity index (χ0n) is 25.5. The highest BCUT2D eigenvalue weighted by molar-refractivity contribution is 6.34. The number of halogens is 8. The van der Waals surface area contributed by atoms with E-state index in [2.05, 4.69) is 36.1 Å². The van der Waals surface area contributed by atoms with Crippen LogP contribution in [0.15, 0.2) is 12.1 Å². The van der Waals surface area contributed by atoms with Gasteiger partial charge < -0.3 is 31.3 Å². The number of carboxylic acid groups (broad SMARTS) is 1. The fraction of sp³-hybridized carbons (Fsp3) is 0.586. The molecule has 2 aromatic rings. The van der Waals surface area contributed by atoms with Crippen molar-refractivity contribution in [1.82, 2.24) is 9.97 Å². The van der Waals surface area contributed by atoms with E-state index in [0.717, 1.165) is 77.1 Å². The fourth-order valence-electron chi connectivity index (χ4n) is 5.50. The van der Waals surface area contributed by atoms with E-state index in [1.165, 1.54) is 0 Å². The second-order valence-corrected chi connectivity index (χ2v) is 12.8. The highest BCUT2D eigenvalue weighted by Gasteiger charge is 2.38. The summed E-state index contributed by atoms with van der Waals surface area (Å²) in [6.07, 6.45) is -4.98. The van der Waals surface area contributed by atoms with Crippen molar-refractivity contribution in [3.05, 3.63) is 33.6 Å². The molecule has 4 bridgehead atoms. The molecule has 10 nitrogen and oxygen atoms in total. The number of hydrogen-bond donors (Lipinski definition) is 4. The number of fused-ring (bicyclic) bond motifs is 8. The van der Waals surface area contributed by atoms with Crippen molar-refractivity contribution in [3.63, 3.8) is 0 Å². The van der Waals surface area contributed by atoms with Gasteiger partial charge in [0, 0.05) is 44.7 Å². The summed E-state index contributed by atoms with van der Waals surface area (Å²) in [6, 6.07) is 2.24. The van der Waals surface area contributed by atoms with Crippen LogP contribution in [0.4, 0.5) is 49.4 Å². The highest BCUT2D eigenvalue weighted by Crippen LogP contribution is 2.38. The molecule has 1 unspecified atom stereocenters. The minimum absolute atomic E-state index is 0.0842. The summed E-state index contributed by atoms with van der Waals surface area (Å²) in [6.45, 7) is 5.55. The number of nitrogens with zero attached hydrogens (tertiary/aromatic N) is 4. The van der Waals surface area contributed by atoms with E-state index in [9.17, 15) is 35.9 Å². The smallest absolute Gasteiger partial charge is 0.403 e. The number of pyridine rings is 2. The third-order valence-electron chi connectivity index (χ3n) is 8.15. The SMILES string of the molecule is CC(N)C(F)(F)F.C[C@@H](CC(=O)c1nc2c(cc1Cl)N1CCC[C@@H](C1)N2)C(F)(F)F.O=C(O)c1nc2c(cc1Cl)N1CCC[C@@H](C1)N2. The number of nitrogens with one attached hydrogen (secondary N) is 2. The average molecular weight is 715 g/mol. The number of aromatic carboxylic acids is 1. The molecule has 0 aliphatic carbocycles.